The Morgan fingerprint density at radius 2 is 2.10 bits per heavy atom. The summed E-state index contributed by atoms with van der Waals surface area (Å²) in [5.74, 6) is 4.83. The molecule has 0 saturated heterocycles. The minimum absolute atomic E-state index is 0.192. The number of hydrogen-bond acceptors (Lipinski definition) is 5. The Morgan fingerprint density at radius 3 is 2.75 bits per heavy atom. The van der Waals surface area contributed by atoms with Crippen LogP contribution >= 0.6 is 11.5 Å². The first-order chi connectivity index (χ1) is 9.52. The molecule has 0 aliphatic heterocycles. The minimum Gasteiger partial charge on any atom is -0.271 e. The van der Waals surface area contributed by atoms with E-state index in [4.69, 9.17) is 5.84 Å². The van der Waals surface area contributed by atoms with Crippen molar-refractivity contribution in [3.05, 3.63) is 46.0 Å². The number of nitrogens with zero attached hydrogens (tertiary/aromatic N) is 2. The van der Waals surface area contributed by atoms with Gasteiger partial charge in [-0.1, -0.05) is 18.3 Å². The third kappa shape index (κ3) is 3.17. The molecule has 0 spiro atoms. The molecule has 1 atom stereocenters. The zero-order valence-electron chi connectivity index (χ0n) is 11.2. The van der Waals surface area contributed by atoms with Crippen LogP contribution < -0.4 is 11.3 Å². The Bertz CT molecular complexity index is 586. The van der Waals surface area contributed by atoms with E-state index in [1.54, 1.807) is 0 Å². The number of aromatic nitrogens is 2. The lowest BCUT2D eigenvalue weighted by molar-refractivity contribution is 0.523. The highest BCUT2D eigenvalue weighted by Crippen LogP contribution is 2.28. The molecule has 1 aromatic heterocycles. The lowest BCUT2D eigenvalue weighted by Crippen LogP contribution is -2.30. The zero-order chi connectivity index (χ0) is 14.7. The van der Waals surface area contributed by atoms with Gasteiger partial charge in [0.15, 0.2) is 0 Å². The molecule has 20 heavy (non-hydrogen) atoms. The van der Waals surface area contributed by atoms with Crippen LogP contribution in [0.2, 0.25) is 0 Å². The molecule has 4 nitrogen and oxygen atoms in total. The highest BCUT2D eigenvalue weighted by Gasteiger charge is 2.22. The van der Waals surface area contributed by atoms with Gasteiger partial charge in [0, 0.05) is 0 Å². The summed E-state index contributed by atoms with van der Waals surface area (Å²) in [7, 11) is 0. The van der Waals surface area contributed by atoms with Gasteiger partial charge in [0.1, 0.15) is 11.6 Å². The molecule has 0 fully saturated rings. The lowest BCUT2D eigenvalue weighted by Gasteiger charge is -2.16. The van der Waals surface area contributed by atoms with Crippen molar-refractivity contribution >= 4 is 11.5 Å². The van der Waals surface area contributed by atoms with Gasteiger partial charge in [-0.25, -0.2) is 8.78 Å². The Hall–Kier alpha value is -1.44. The third-order valence-corrected chi connectivity index (χ3v) is 3.89. The number of nitrogens with one attached hydrogen (secondary N) is 1. The van der Waals surface area contributed by atoms with Crippen LogP contribution in [0.4, 0.5) is 8.78 Å². The molecule has 1 unspecified atom stereocenters. The quantitative estimate of drug-likeness (QED) is 0.658. The van der Waals surface area contributed by atoms with E-state index in [1.165, 1.54) is 17.6 Å². The van der Waals surface area contributed by atoms with E-state index in [-0.39, 0.29) is 23.9 Å². The lowest BCUT2D eigenvalue weighted by atomic mass is 10.0. The van der Waals surface area contributed by atoms with Gasteiger partial charge in [-0.2, -0.15) is 0 Å². The van der Waals surface area contributed by atoms with E-state index in [1.807, 2.05) is 13.8 Å². The fourth-order valence-electron chi connectivity index (χ4n) is 1.99. The van der Waals surface area contributed by atoms with E-state index >= 15 is 0 Å². The predicted octanol–water partition coefficient (Wildman–Crippen LogP) is 2.69. The smallest absolute Gasteiger partial charge is 0.126 e. The van der Waals surface area contributed by atoms with Crippen LogP contribution in [0.5, 0.6) is 0 Å². The van der Waals surface area contributed by atoms with E-state index < -0.39 is 11.6 Å². The number of nitrogens with two attached hydrogens (primary N) is 1. The first-order valence-electron chi connectivity index (χ1n) is 6.25. The summed E-state index contributed by atoms with van der Waals surface area (Å²) in [6.45, 7) is 3.99. The standard InChI is InChI=1S/C13H16F2N4S/c1-7(2)12-13(20-19-18-12)11(17-16)6-8-5-9(14)3-4-10(8)15/h3-5,7,11,17H,6,16H2,1-2H3. The summed E-state index contributed by atoms with van der Waals surface area (Å²) in [5, 5.41) is 4.07. The molecule has 1 aromatic carbocycles. The molecule has 0 aliphatic rings. The zero-order valence-corrected chi connectivity index (χ0v) is 12.0. The maximum absolute atomic E-state index is 13.7. The normalized spacial score (nSPS) is 12.9. The minimum atomic E-state index is -0.469. The summed E-state index contributed by atoms with van der Waals surface area (Å²) >= 11 is 1.22. The predicted molar refractivity (Wildman–Crippen MR) is 74.1 cm³/mol. The van der Waals surface area contributed by atoms with Crippen molar-refractivity contribution in [1.29, 1.82) is 0 Å². The molecular formula is C13H16F2N4S. The second kappa shape index (κ2) is 6.34. The van der Waals surface area contributed by atoms with Crippen LogP contribution in [-0.2, 0) is 6.42 Å². The molecule has 2 aromatic rings. The first kappa shape index (κ1) is 15.0. The molecule has 1 heterocycles. The number of benzene rings is 1. The number of hydrazine groups is 1. The molecule has 0 saturated carbocycles. The molecule has 0 aliphatic carbocycles. The van der Waals surface area contributed by atoms with Gasteiger partial charge in [0.25, 0.3) is 0 Å². The van der Waals surface area contributed by atoms with Crippen LogP contribution in [-0.4, -0.2) is 9.59 Å². The number of rotatable bonds is 5. The van der Waals surface area contributed by atoms with Crippen molar-refractivity contribution in [2.24, 2.45) is 5.84 Å². The Morgan fingerprint density at radius 1 is 1.35 bits per heavy atom. The number of halogens is 2. The van der Waals surface area contributed by atoms with Gasteiger partial charge in [-0.15, -0.1) is 5.10 Å². The first-order valence-corrected chi connectivity index (χ1v) is 7.02. The van der Waals surface area contributed by atoms with Crippen LogP contribution in [0.1, 0.15) is 41.9 Å². The van der Waals surface area contributed by atoms with Gasteiger partial charge in [-0.3, -0.25) is 11.3 Å². The fraction of sp³-hybridized carbons (Fsp3) is 0.385. The maximum atomic E-state index is 13.7. The second-order valence-corrected chi connectivity index (χ2v) is 5.62. The van der Waals surface area contributed by atoms with Gasteiger partial charge in [0.05, 0.1) is 16.6 Å². The molecule has 2 rings (SSSR count). The summed E-state index contributed by atoms with van der Waals surface area (Å²) < 4.78 is 30.8. The third-order valence-electron chi connectivity index (χ3n) is 3.04. The average molecular weight is 298 g/mol. The second-order valence-electron chi connectivity index (χ2n) is 4.84. The summed E-state index contributed by atoms with van der Waals surface area (Å²) in [4.78, 5) is 0.853. The maximum Gasteiger partial charge on any atom is 0.126 e. The van der Waals surface area contributed by atoms with Crippen molar-refractivity contribution in [3.63, 3.8) is 0 Å². The van der Waals surface area contributed by atoms with Crippen LogP contribution in [0, 0.1) is 11.6 Å². The Balaban J connectivity index is 2.29. The molecule has 0 bridgehead atoms. The monoisotopic (exact) mass is 298 g/mol. The topological polar surface area (TPSA) is 63.8 Å². The highest BCUT2D eigenvalue weighted by atomic mass is 32.1. The number of hydrogen-bond donors (Lipinski definition) is 2. The molecule has 108 valence electrons. The summed E-state index contributed by atoms with van der Waals surface area (Å²) in [6.07, 6.45) is 0.240. The fourth-order valence-corrected chi connectivity index (χ4v) is 2.86. The molecule has 0 amide bonds. The van der Waals surface area contributed by atoms with E-state index in [0.717, 1.165) is 22.7 Å². The van der Waals surface area contributed by atoms with Gasteiger partial charge < -0.3 is 0 Å². The van der Waals surface area contributed by atoms with Crippen molar-refractivity contribution in [2.45, 2.75) is 32.2 Å². The molecule has 3 N–H and O–H groups in total. The van der Waals surface area contributed by atoms with E-state index in [0.29, 0.717) is 0 Å². The highest BCUT2D eigenvalue weighted by molar-refractivity contribution is 7.05. The largest absolute Gasteiger partial charge is 0.271 e. The molecular weight excluding hydrogens is 282 g/mol. The van der Waals surface area contributed by atoms with Crippen molar-refractivity contribution in [3.8, 4) is 0 Å². The van der Waals surface area contributed by atoms with Gasteiger partial charge in [0.2, 0.25) is 0 Å². The summed E-state index contributed by atoms with van der Waals surface area (Å²) in [5.41, 5.74) is 3.74. The van der Waals surface area contributed by atoms with Crippen LogP contribution in [0.25, 0.3) is 0 Å². The van der Waals surface area contributed by atoms with Crippen molar-refractivity contribution in [1.82, 2.24) is 15.0 Å². The van der Waals surface area contributed by atoms with Crippen molar-refractivity contribution < 1.29 is 8.78 Å². The average Bonchev–Trinajstić information content (AvgIpc) is 2.89. The van der Waals surface area contributed by atoms with E-state index in [2.05, 4.69) is 15.0 Å². The van der Waals surface area contributed by atoms with Crippen LogP contribution in [0.15, 0.2) is 18.2 Å². The summed E-state index contributed by atoms with van der Waals surface area (Å²) in [6, 6.07) is 3.05. The Labute approximate surface area is 120 Å². The SMILES string of the molecule is CC(C)c1nnsc1C(Cc1cc(F)ccc1F)NN. The molecule has 0 radical (unpaired) electrons. The molecule has 7 heteroatoms. The van der Waals surface area contributed by atoms with Gasteiger partial charge in [-0.05, 0) is 47.6 Å². The Kier molecular flexibility index (Phi) is 4.74. The van der Waals surface area contributed by atoms with Crippen molar-refractivity contribution in [2.75, 3.05) is 0 Å². The van der Waals surface area contributed by atoms with Gasteiger partial charge >= 0.3 is 0 Å². The van der Waals surface area contributed by atoms with E-state index in [9.17, 15) is 8.78 Å². The van der Waals surface area contributed by atoms with Crippen LogP contribution in [0.3, 0.4) is 0 Å².